The number of hydrogen-bond acceptors (Lipinski definition) is 6. The highest BCUT2D eigenvalue weighted by molar-refractivity contribution is 6.41. The Morgan fingerprint density at radius 1 is 1.53 bits per heavy atom. The number of rotatable bonds is 3. The van der Waals surface area contributed by atoms with E-state index in [1.807, 2.05) is 0 Å². The molecule has 1 heterocycles. The van der Waals surface area contributed by atoms with Crippen LogP contribution in [0.5, 0.6) is 0 Å². The van der Waals surface area contributed by atoms with Crippen LogP contribution in [0.3, 0.4) is 0 Å². The zero-order valence-corrected chi connectivity index (χ0v) is 9.14. The zero-order chi connectivity index (χ0) is 12.8. The first kappa shape index (κ1) is 12.8. The molecule has 1 rings (SSSR count). The van der Waals surface area contributed by atoms with E-state index in [9.17, 15) is 14.4 Å². The minimum Gasteiger partial charge on any atom is -0.329 e. The Labute approximate surface area is 96.4 Å². The van der Waals surface area contributed by atoms with Crippen molar-refractivity contribution in [2.24, 2.45) is 5.73 Å². The number of imide groups is 1. The van der Waals surface area contributed by atoms with E-state index in [1.165, 1.54) is 13.3 Å². The number of amides is 3. The first-order valence-corrected chi connectivity index (χ1v) is 4.75. The van der Waals surface area contributed by atoms with Gasteiger partial charge in [0.1, 0.15) is 6.33 Å². The van der Waals surface area contributed by atoms with Gasteiger partial charge in [0, 0.05) is 20.0 Å². The van der Waals surface area contributed by atoms with Crippen LogP contribution in [0.1, 0.15) is 6.92 Å². The number of H-pyrrole nitrogens is 1. The Balaban J connectivity index is 2.67. The predicted octanol–water partition coefficient (Wildman–Crippen LogP) is -1.92. The van der Waals surface area contributed by atoms with Crippen molar-refractivity contribution in [2.45, 2.75) is 6.92 Å². The third-order valence-electron chi connectivity index (χ3n) is 1.82. The van der Waals surface area contributed by atoms with Crippen molar-refractivity contribution in [1.29, 1.82) is 0 Å². The molecule has 0 saturated carbocycles. The maximum Gasteiger partial charge on any atom is 0.318 e. The maximum absolute atomic E-state index is 11.6. The summed E-state index contributed by atoms with van der Waals surface area (Å²) in [4.78, 5) is 38.5. The summed E-state index contributed by atoms with van der Waals surface area (Å²) in [7, 11) is 0. The van der Waals surface area contributed by atoms with Crippen molar-refractivity contribution in [3.05, 3.63) is 6.33 Å². The lowest BCUT2D eigenvalue weighted by atomic mass is 10.4. The molecule has 0 radical (unpaired) electrons. The SMILES string of the molecule is CC(=O)N(CCN)C(=O)C(=O)Nc1ncn[nH]1. The van der Waals surface area contributed by atoms with Gasteiger partial charge in [-0.1, -0.05) is 0 Å². The van der Waals surface area contributed by atoms with Crippen molar-refractivity contribution in [3.8, 4) is 0 Å². The standard InChI is InChI=1S/C8H12N6O3/c1-5(15)14(3-2-9)7(17)6(16)12-8-10-4-11-13-8/h4H,2-3,9H2,1H3,(H2,10,11,12,13,16). The highest BCUT2D eigenvalue weighted by Gasteiger charge is 2.24. The molecule has 92 valence electrons. The number of anilines is 1. The molecule has 0 aromatic carbocycles. The molecule has 17 heavy (non-hydrogen) atoms. The van der Waals surface area contributed by atoms with Gasteiger partial charge in [0.05, 0.1) is 0 Å². The molecule has 1 aromatic heterocycles. The number of carbonyl (C=O) groups is 3. The minimum atomic E-state index is -0.987. The van der Waals surface area contributed by atoms with Crippen LogP contribution in [-0.4, -0.2) is 50.9 Å². The molecule has 0 unspecified atom stereocenters. The van der Waals surface area contributed by atoms with Gasteiger partial charge in [-0.25, -0.2) is 5.10 Å². The second-order valence-corrected chi connectivity index (χ2v) is 3.05. The third kappa shape index (κ3) is 3.34. The molecule has 0 bridgehead atoms. The van der Waals surface area contributed by atoms with Gasteiger partial charge in [-0.05, 0) is 0 Å². The van der Waals surface area contributed by atoms with Crippen LogP contribution in [0.4, 0.5) is 5.95 Å². The molecule has 0 spiro atoms. The third-order valence-corrected chi connectivity index (χ3v) is 1.82. The first-order chi connectivity index (χ1) is 8.06. The minimum absolute atomic E-state index is 0.0159. The lowest BCUT2D eigenvalue weighted by Gasteiger charge is -2.16. The summed E-state index contributed by atoms with van der Waals surface area (Å²) < 4.78 is 0. The van der Waals surface area contributed by atoms with Crippen molar-refractivity contribution in [3.63, 3.8) is 0 Å². The van der Waals surface area contributed by atoms with Crippen LogP contribution in [0.15, 0.2) is 6.33 Å². The van der Waals surface area contributed by atoms with Crippen LogP contribution in [0.2, 0.25) is 0 Å². The van der Waals surface area contributed by atoms with Crippen molar-refractivity contribution in [2.75, 3.05) is 18.4 Å². The molecule has 1 aromatic rings. The Bertz CT molecular complexity index is 415. The number of aromatic nitrogens is 3. The fourth-order valence-corrected chi connectivity index (χ4v) is 1.08. The summed E-state index contributed by atoms with van der Waals surface area (Å²) in [6, 6.07) is 0. The van der Waals surface area contributed by atoms with Crippen molar-refractivity contribution in [1.82, 2.24) is 20.1 Å². The van der Waals surface area contributed by atoms with E-state index in [0.717, 1.165) is 4.90 Å². The predicted molar refractivity (Wildman–Crippen MR) is 56.5 cm³/mol. The zero-order valence-electron chi connectivity index (χ0n) is 9.14. The van der Waals surface area contributed by atoms with Gasteiger partial charge in [-0.3, -0.25) is 24.6 Å². The summed E-state index contributed by atoms with van der Waals surface area (Å²) in [5.41, 5.74) is 5.23. The van der Waals surface area contributed by atoms with Gasteiger partial charge in [0.15, 0.2) is 0 Å². The molecule has 4 N–H and O–H groups in total. The van der Waals surface area contributed by atoms with E-state index in [4.69, 9.17) is 5.73 Å². The average molecular weight is 240 g/mol. The molecule has 0 atom stereocenters. The Kier molecular flexibility index (Phi) is 4.29. The lowest BCUT2D eigenvalue weighted by Crippen LogP contribution is -2.44. The summed E-state index contributed by atoms with van der Waals surface area (Å²) >= 11 is 0. The molecule has 3 amide bonds. The smallest absolute Gasteiger partial charge is 0.318 e. The summed E-state index contributed by atoms with van der Waals surface area (Å²) in [6.45, 7) is 1.24. The Morgan fingerprint density at radius 3 is 2.71 bits per heavy atom. The fourth-order valence-electron chi connectivity index (χ4n) is 1.08. The molecule has 0 aliphatic heterocycles. The second-order valence-electron chi connectivity index (χ2n) is 3.05. The molecule has 0 aliphatic rings. The van der Waals surface area contributed by atoms with E-state index >= 15 is 0 Å². The number of aromatic amines is 1. The van der Waals surface area contributed by atoms with Gasteiger partial charge in [0.25, 0.3) is 0 Å². The van der Waals surface area contributed by atoms with Crippen LogP contribution in [-0.2, 0) is 14.4 Å². The van der Waals surface area contributed by atoms with E-state index < -0.39 is 17.7 Å². The fraction of sp³-hybridized carbons (Fsp3) is 0.375. The number of hydrogen-bond donors (Lipinski definition) is 3. The van der Waals surface area contributed by atoms with E-state index in [1.54, 1.807) is 0 Å². The monoisotopic (exact) mass is 240 g/mol. The molecule has 0 aliphatic carbocycles. The summed E-state index contributed by atoms with van der Waals surface area (Å²) in [5, 5.41) is 8.00. The topological polar surface area (TPSA) is 134 Å². The number of nitrogens with one attached hydrogen (secondary N) is 2. The quantitative estimate of drug-likeness (QED) is 0.527. The second kappa shape index (κ2) is 5.70. The Hall–Kier alpha value is -2.29. The van der Waals surface area contributed by atoms with Gasteiger partial charge in [-0.15, -0.1) is 0 Å². The van der Waals surface area contributed by atoms with Crippen LogP contribution < -0.4 is 11.1 Å². The average Bonchev–Trinajstić information content (AvgIpc) is 2.77. The largest absolute Gasteiger partial charge is 0.329 e. The molecule has 0 fully saturated rings. The molecule has 9 heteroatoms. The number of carbonyl (C=O) groups excluding carboxylic acids is 3. The van der Waals surface area contributed by atoms with Gasteiger partial charge in [0.2, 0.25) is 11.9 Å². The van der Waals surface area contributed by atoms with Gasteiger partial charge < -0.3 is 5.73 Å². The Morgan fingerprint density at radius 2 is 2.24 bits per heavy atom. The van der Waals surface area contributed by atoms with Crippen molar-refractivity contribution < 1.29 is 14.4 Å². The highest BCUT2D eigenvalue weighted by atomic mass is 16.2. The summed E-state index contributed by atoms with van der Waals surface area (Å²) in [6.07, 6.45) is 1.17. The highest BCUT2D eigenvalue weighted by Crippen LogP contribution is 1.96. The molecule has 9 nitrogen and oxygen atoms in total. The van der Waals surface area contributed by atoms with Crippen LogP contribution >= 0.6 is 0 Å². The van der Waals surface area contributed by atoms with Gasteiger partial charge >= 0.3 is 11.8 Å². The van der Waals surface area contributed by atoms with E-state index in [2.05, 4.69) is 20.5 Å². The number of nitrogens with two attached hydrogens (primary N) is 1. The maximum atomic E-state index is 11.6. The summed E-state index contributed by atoms with van der Waals surface area (Å²) in [5.74, 6) is -2.49. The van der Waals surface area contributed by atoms with Crippen LogP contribution in [0.25, 0.3) is 0 Å². The number of nitrogens with zero attached hydrogens (tertiary/aromatic N) is 3. The normalized spacial score (nSPS) is 9.76. The van der Waals surface area contributed by atoms with Crippen LogP contribution in [0, 0.1) is 0 Å². The van der Waals surface area contributed by atoms with Gasteiger partial charge in [-0.2, -0.15) is 10.1 Å². The van der Waals surface area contributed by atoms with Crippen molar-refractivity contribution >= 4 is 23.7 Å². The first-order valence-electron chi connectivity index (χ1n) is 4.75. The molecular formula is C8H12N6O3. The van der Waals surface area contributed by atoms with E-state index in [-0.39, 0.29) is 19.0 Å². The van der Waals surface area contributed by atoms with E-state index in [0.29, 0.717) is 0 Å². The molecular weight excluding hydrogens is 228 g/mol. The molecule has 0 saturated heterocycles. The lowest BCUT2D eigenvalue weighted by molar-refractivity contribution is -0.149.